The topological polar surface area (TPSA) is 96.0 Å². The van der Waals surface area contributed by atoms with E-state index in [2.05, 4.69) is 5.32 Å². The van der Waals surface area contributed by atoms with E-state index in [0.717, 1.165) is 27.4 Å². The second-order valence-corrected chi connectivity index (χ2v) is 12.6. The van der Waals surface area contributed by atoms with Crippen LogP contribution in [0, 0.1) is 6.92 Å². The smallest absolute Gasteiger partial charge is 0.264 e. The summed E-state index contributed by atoms with van der Waals surface area (Å²) < 4.78 is 34.8. The predicted molar refractivity (Wildman–Crippen MR) is 178 cm³/mol. The maximum Gasteiger partial charge on any atom is 0.264 e. The molecule has 8 nitrogen and oxygen atoms in total. The highest BCUT2D eigenvalue weighted by Crippen LogP contribution is 2.27. The molecule has 0 spiro atoms. The molecule has 0 bridgehead atoms. The number of carbonyl (C=O) groups excluding carboxylic acids is 2. The van der Waals surface area contributed by atoms with Gasteiger partial charge in [0, 0.05) is 19.5 Å². The lowest BCUT2D eigenvalue weighted by atomic mass is 10.0. The van der Waals surface area contributed by atoms with Crippen LogP contribution in [-0.2, 0) is 32.6 Å². The molecule has 1 N–H and O–H groups in total. The summed E-state index contributed by atoms with van der Waals surface area (Å²) in [5.41, 5.74) is 3.08. The molecule has 1 atom stereocenters. The van der Waals surface area contributed by atoms with Crippen molar-refractivity contribution in [3.05, 3.63) is 126 Å². The van der Waals surface area contributed by atoms with Gasteiger partial charge in [0.05, 0.1) is 17.2 Å². The van der Waals surface area contributed by atoms with Gasteiger partial charge in [0.1, 0.15) is 18.3 Å². The van der Waals surface area contributed by atoms with Crippen LogP contribution in [0.25, 0.3) is 0 Å². The number of hydrogen-bond acceptors (Lipinski definition) is 5. The van der Waals surface area contributed by atoms with Crippen molar-refractivity contribution in [3.63, 3.8) is 0 Å². The zero-order valence-corrected chi connectivity index (χ0v) is 26.9. The molecular weight excluding hydrogens is 586 g/mol. The van der Waals surface area contributed by atoms with Crippen LogP contribution in [0.4, 0.5) is 5.69 Å². The summed E-state index contributed by atoms with van der Waals surface area (Å²) in [7, 11) is -4.16. The van der Waals surface area contributed by atoms with E-state index in [1.54, 1.807) is 42.5 Å². The van der Waals surface area contributed by atoms with E-state index in [0.29, 0.717) is 24.6 Å². The number of nitrogens with zero attached hydrogens (tertiary/aromatic N) is 2. The van der Waals surface area contributed by atoms with Gasteiger partial charge >= 0.3 is 0 Å². The molecule has 236 valence electrons. The molecule has 9 heteroatoms. The average molecular weight is 628 g/mol. The number of ether oxygens (including phenoxy) is 1. The molecule has 0 heterocycles. The number of carbonyl (C=O) groups is 2. The molecule has 0 saturated carbocycles. The van der Waals surface area contributed by atoms with Crippen LogP contribution in [-0.4, -0.2) is 50.9 Å². The fraction of sp³-hybridized carbons (Fsp3) is 0.278. The Kier molecular flexibility index (Phi) is 11.8. The Morgan fingerprint density at radius 3 is 2.02 bits per heavy atom. The summed E-state index contributed by atoms with van der Waals surface area (Å²) in [4.78, 5) is 29.7. The van der Waals surface area contributed by atoms with E-state index >= 15 is 0 Å². The molecule has 0 aliphatic heterocycles. The van der Waals surface area contributed by atoms with Gasteiger partial charge in [0.25, 0.3) is 10.0 Å². The van der Waals surface area contributed by atoms with Crippen molar-refractivity contribution in [1.82, 2.24) is 10.2 Å². The molecule has 0 radical (unpaired) electrons. The number of anilines is 1. The number of sulfonamides is 1. The maximum absolute atomic E-state index is 14.5. The third-order valence-electron chi connectivity index (χ3n) is 7.34. The average Bonchev–Trinajstić information content (AvgIpc) is 3.06. The molecule has 4 rings (SSSR count). The number of rotatable bonds is 15. The van der Waals surface area contributed by atoms with Gasteiger partial charge in [-0.2, -0.15) is 0 Å². The van der Waals surface area contributed by atoms with Crippen LogP contribution < -0.4 is 14.4 Å². The van der Waals surface area contributed by atoms with Crippen molar-refractivity contribution in [1.29, 1.82) is 0 Å². The van der Waals surface area contributed by atoms with Crippen molar-refractivity contribution in [2.24, 2.45) is 0 Å². The van der Waals surface area contributed by atoms with Crippen molar-refractivity contribution >= 4 is 27.5 Å². The Labute approximate surface area is 266 Å². The van der Waals surface area contributed by atoms with Crippen molar-refractivity contribution < 1.29 is 22.7 Å². The first-order chi connectivity index (χ1) is 21.7. The summed E-state index contributed by atoms with van der Waals surface area (Å²) in [6.07, 6.45) is 0.999. The van der Waals surface area contributed by atoms with Crippen LogP contribution in [0.15, 0.2) is 114 Å². The van der Waals surface area contributed by atoms with Crippen molar-refractivity contribution in [3.8, 4) is 5.75 Å². The number of aryl methyl sites for hydroxylation is 1. The number of hydrogen-bond donors (Lipinski definition) is 1. The molecule has 4 aromatic rings. The van der Waals surface area contributed by atoms with E-state index in [1.807, 2.05) is 75.4 Å². The molecule has 0 fully saturated rings. The van der Waals surface area contributed by atoms with Gasteiger partial charge in [0.15, 0.2) is 0 Å². The molecule has 2 amide bonds. The molecular formula is C36H41N3O5S. The summed E-state index contributed by atoms with van der Waals surface area (Å²) in [5, 5.41) is 2.96. The maximum atomic E-state index is 14.5. The van der Waals surface area contributed by atoms with Gasteiger partial charge in [-0.25, -0.2) is 8.42 Å². The summed E-state index contributed by atoms with van der Waals surface area (Å²) >= 11 is 0. The van der Waals surface area contributed by atoms with Gasteiger partial charge in [-0.15, -0.1) is 0 Å². The van der Waals surface area contributed by atoms with Crippen molar-refractivity contribution in [2.75, 3.05) is 24.0 Å². The van der Waals surface area contributed by atoms with Crippen LogP contribution in [0.2, 0.25) is 0 Å². The number of amides is 2. The van der Waals surface area contributed by atoms with E-state index in [9.17, 15) is 18.0 Å². The Hall–Kier alpha value is -4.63. The van der Waals surface area contributed by atoms with E-state index in [4.69, 9.17) is 4.74 Å². The van der Waals surface area contributed by atoms with Crippen LogP contribution >= 0.6 is 0 Å². The third kappa shape index (κ3) is 8.95. The zero-order valence-electron chi connectivity index (χ0n) is 26.1. The van der Waals surface area contributed by atoms with Crippen molar-refractivity contribution in [2.45, 2.75) is 51.1 Å². The van der Waals surface area contributed by atoms with Gasteiger partial charge in [-0.05, 0) is 67.8 Å². The molecule has 4 aromatic carbocycles. The summed E-state index contributed by atoms with van der Waals surface area (Å²) in [5.74, 6) is -0.211. The Bertz CT molecular complexity index is 1630. The molecule has 45 heavy (non-hydrogen) atoms. The molecule has 0 saturated heterocycles. The molecule has 0 aliphatic rings. The van der Waals surface area contributed by atoms with E-state index in [1.165, 1.54) is 17.0 Å². The lowest BCUT2D eigenvalue weighted by Gasteiger charge is -2.34. The summed E-state index contributed by atoms with van der Waals surface area (Å²) in [6.45, 7) is 6.33. The lowest BCUT2D eigenvalue weighted by Crippen LogP contribution is -2.53. The Balaban J connectivity index is 1.78. The van der Waals surface area contributed by atoms with Gasteiger partial charge in [0.2, 0.25) is 11.8 Å². The van der Waals surface area contributed by atoms with E-state index in [-0.39, 0.29) is 23.8 Å². The summed E-state index contributed by atoms with van der Waals surface area (Å²) in [6, 6.07) is 31.0. The van der Waals surface area contributed by atoms with Crippen LogP contribution in [0.3, 0.4) is 0 Å². The molecule has 0 aliphatic carbocycles. The van der Waals surface area contributed by atoms with E-state index < -0.39 is 28.5 Å². The highest BCUT2D eigenvalue weighted by molar-refractivity contribution is 7.92. The molecule has 0 aromatic heterocycles. The first-order valence-electron chi connectivity index (χ1n) is 15.2. The standard InChI is InChI=1S/C36H41N3O5S/c1-4-24-37-36(41)34(25-29-12-8-6-9-13-29)38(26-30-18-16-28(3)17-19-30)35(40)27-39(31-20-22-32(23-21-31)44-5-2)45(42,43)33-14-10-7-11-15-33/h6-23,34H,4-5,24-27H2,1-3H3,(H,37,41). The lowest BCUT2D eigenvalue weighted by molar-refractivity contribution is -0.140. The first kappa shape index (κ1) is 33.3. The number of benzene rings is 4. The largest absolute Gasteiger partial charge is 0.494 e. The second kappa shape index (κ2) is 15.9. The fourth-order valence-electron chi connectivity index (χ4n) is 4.93. The van der Waals surface area contributed by atoms with Gasteiger partial charge in [-0.3, -0.25) is 13.9 Å². The number of nitrogens with one attached hydrogen (secondary N) is 1. The third-order valence-corrected chi connectivity index (χ3v) is 9.13. The zero-order chi connectivity index (χ0) is 32.2. The quantitative estimate of drug-likeness (QED) is 0.181. The minimum absolute atomic E-state index is 0.0540. The van der Waals surface area contributed by atoms with Gasteiger partial charge < -0.3 is 15.0 Å². The Morgan fingerprint density at radius 2 is 1.42 bits per heavy atom. The monoisotopic (exact) mass is 627 g/mol. The first-order valence-corrected chi connectivity index (χ1v) is 16.6. The van der Waals surface area contributed by atoms with Crippen LogP contribution in [0.1, 0.15) is 37.0 Å². The van der Waals surface area contributed by atoms with Gasteiger partial charge in [-0.1, -0.05) is 85.3 Å². The highest BCUT2D eigenvalue weighted by atomic mass is 32.2. The minimum Gasteiger partial charge on any atom is -0.494 e. The minimum atomic E-state index is -4.16. The second-order valence-electron chi connectivity index (χ2n) is 10.8. The van der Waals surface area contributed by atoms with Crippen LogP contribution in [0.5, 0.6) is 5.75 Å². The fourth-order valence-corrected chi connectivity index (χ4v) is 6.37. The molecule has 1 unspecified atom stereocenters. The normalized spacial score (nSPS) is 11.8. The SMILES string of the molecule is CCCNC(=O)C(Cc1ccccc1)N(Cc1ccc(C)cc1)C(=O)CN(c1ccc(OCC)cc1)S(=O)(=O)c1ccccc1. The predicted octanol–water partition coefficient (Wildman–Crippen LogP) is 5.76. The Morgan fingerprint density at radius 1 is 0.800 bits per heavy atom. The highest BCUT2D eigenvalue weighted by Gasteiger charge is 2.34.